The van der Waals surface area contributed by atoms with Gasteiger partial charge in [-0.25, -0.2) is 4.79 Å². The Kier molecular flexibility index (Phi) is 5.78. The van der Waals surface area contributed by atoms with Crippen molar-refractivity contribution in [3.63, 3.8) is 0 Å². The summed E-state index contributed by atoms with van der Waals surface area (Å²) in [5, 5.41) is 0. The SMILES string of the molecule is CC(=O)OOc1cccc(CCCOS(C)(=O)=O)c1. The third kappa shape index (κ3) is 7.43. The summed E-state index contributed by atoms with van der Waals surface area (Å²) in [6, 6.07) is 6.98. The zero-order valence-electron chi connectivity index (χ0n) is 10.8. The largest absolute Gasteiger partial charge is 0.352 e. The second kappa shape index (κ2) is 7.10. The highest BCUT2D eigenvalue weighted by molar-refractivity contribution is 7.85. The molecule has 0 atom stereocenters. The summed E-state index contributed by atoms with van der Waals surface area (Å²) in [5.41, 5.74) is 0.932. The van der Waals surface area contributed by atoms with Crippen molar-refractivity contribution in [3.05, 3.63) is 29.8 Å². The number of hydrogen-bond donors (Lipinski definition) is 0. The highest BCUT2D eigenvalue weighted by Gasteiger charge is 2.03. The molecule has 0 aromatic heterocycles. The summed E-state index contributed by atoms with van der Waals surface area (Å²) in [4.78, 5) is 19.8. The topological polar surface area (TPSA) is 78.9 Å². The van der Waals surface area contributed by atoms with E-state index in [4.69, 9.17) is 4.89 Å². The molecule has 0 radical (unpaired) electrons. The van der Waals surface area contributed by atoms with Gasteiger partial charge in [0.25, 0.3) is 10.1 Å². The fraction of sp³-hybridized carbons (Fsp3) is 0.417. The van der Waals surface area contributed by atoms with Crippen molar-refractivity contribution in [2.75, 3.05) is 12.9 Å². The van der Waals surface area contributed by atoms with Gasteiger partial charge in [0.05, 0.1) is 12.9 Å². The molecule has 0 bridgehead atoms. The Morgan fingerprint density at radius 2 is 2.05 bits per heavy atom. The van der Waals surface area contributed by atoms with Gasteiger partial charge < -0.3 is 0 Å². The molecule has 1 aromatic carbocycles. The van der Waals surface area contributed by atoms with Gasteiger partial charge in [0.1, 0.15) is 0 Å². The lowest BCUT2D eigenvalue weighted by Gasteiger charge is -2.05. The molecule has 1 rings (SSSR count). The minimum Gasteiger partial charge on any atom is -0.287 e. The number of aryl methyl sites for hydroxylation is 1. The molecule has 0 fully saturated rings. The zero-order chi connectivity index (χ0) is 14.3. The molecule has 0 N–H and O–H groups in total. The Balaban J connectivity index is 2.41. The van der Waals surface area contributed by atoms with E-state index in [1.54, 1.807) is 18.2 Å². The lowest BCUT2D eigenvalue weighted by Crippen LogP contribution is -2.05. The van der Waals surface area contributed by atoms with Gasteiger partial charge in [-0.05, 0) is 30.5 Å². The minimum atomic E-state index is -3.39. The van der Waals surface area contributed by atoms with E-state index in [1.165, 1.54) is 6.92 Å². The number of rotatable bonds is 7. The van der Waals surface area contributed by atoms with Gasteiger partial charge in [-0.15, -0.1) is 0 Å². The third-order valence-electron chi connectivity index (χ3n) is 2.06. The molecule has 0 saturated carbocycles. The van der Waals surface area contributed by atoms with E-state index >= 15 is 0 Å². The monoisotopic (exact) mass is 288 g/mol. The average molecular weight is 288 g/mol. The van der Waals surface area contributed by atoms with Crippen LogP contribution in [0.2, 0.25) is 0 Å². The van der Waals surface area contributed by atoms with Gasteiger partial charge in [0.2, 0.25) is 0 Å². The van der Waals surface area contributed by atoms with Crippen LogP contribution in [0.25, 0.3) is 0 Å². The van der Waals surface area contributed by atoms with Crippen LogP contribution in [0, 0.1) is 0 Å². The predicted molar refractivity (Wildman–Crippen MR) is 68.0 cm³/mol. The number of carbonyl (C=O) groups excluding carboxylic acids is 1. The maximum absolute atomic E-state index is 10.8. The van der Waals surface area contributed by atoms with Crippen molar-refractivity contribution in [1.29, 1.82) is 0 Å². The van der Waals surface area contributed by atoms with Crippen LogP contribution in [0.15, 0.2) is 24.3 Å². The van der Waals surface area contributed by atoms with Gasteiger partial charge in [-0.3, -0.25) is 14.0 Å². The van der Waals surface area contributed by atoms with E-state index in [2.05, 4.69) is 9.07 Å². The lowest BCUT2D eigenvalue weighted by atomic mass is 10.1. The van der Waals surface area contributed by atoms with Gasteiger partial charge >= 0.3 is 5.97 Å². The third-order valence-corrected chi connectivity index (χ3v) is 2.66. The van der Waals surface area contributed by atoms with E-state index in [0.717, 1.165) is 11.8 Å². The molecule has 106 valence electrons. The van der Waals surface area contributed by atoms with Crippen molar-refractivity contribution >= 4 is 16.1 Å². The number of hydrogen-bond acceptors (Lipinski definition) is 6. The summed E-state index contributed by atoms with van der Waals surface area (Å²) >= 11 is 0. The van der Waals surface area contributed by atoms with E-state index in [1.807, 2.05) is 6.07 Å². The Bertz CT molecular complexity index is 523. The van der Waals surface area contributed by atoms with Gasteiger partial charge in [0.15, 0.2) is 5.75 Å². The average Bonchev–Trinajstić information content (AvgIpc) is 2.32. The highest BCUT2D eigenvalue weighted by Crippen LogP contribution is 2.15. The molecule has 0 spiro atoms. The quantitative estimate of drug-likeness (QED) is 0.327. The standard InChI is InChI=1S/C12H16O6S/c1-10(13)17-18-12-7-3-5-11(9-12)6-4-8-16-19(2,14)15/h3,5,7,9H,4,6,8H2,1-2H3. The Labute approximate surface area is 112 Å². The van der Waals surface area contributed by atoms with Crippen molar-refractivity contribution in [1.82, 2.24) is 0 Å². The van der Waals surface area contributed by atoms with Crippen LogP contribution in [0.3, 0.4) is 0 Å². The summed E-state index contributed by atoms with van der Waals surface area (Å²) in [6.45, 7) is 1.38. The van der Waals surface area contributed by atoms with Gasteiger partial charge in [-0.2, -0.15) is 8.42 Å². The second-order valence-electron chi connectivity index (χ2n) is 3.94. The Morgan fingerprint density at radius 1 is 1.32 bits per heavy atom. The van der Waals surface area contributed by atoms with E-state index in [9.17, 15) is 13.2 Å². The lowest BCUT2D eigenvalue weighted by molar-refractivity contribution is -0.210. The fourth-order valence-electron chi connectivity index (χ4n) is 1.35. The molecule has 0 unspecified atom stereocenters. The van der Waals surface area contributed by atoms with Crippen molar-refractivity contribution in [2.45, 2.75) is 19.8 Å². The highest BCUT2D eigenvalue weighted by atomic mass is 32.2. The maximum Gasteiger partial charge on any atom is 0.352 e. The molecule has 0 heterocycles. The summed E-state index contributed by atoms with van der Waals surface area (Å²) < 4.78 is 26.1. The molecule has 0 aliphatic heterocycles. The number of benzene rings is 1. The second-order valence-corrected chi connectivity index (χ2v) is 5.58. The predicted octanol–water partition coefficient (Wildman–Crippen LogP) is 1.45. The summed E-state index contributed by atoms with van der Waals surface area (Å²) in [6.07, 6.45) is 2.21. The molecular formula is C12H16O6S. The normalized spacial score (nSPS) is 11.1. The molecule has 19 heavy (non-hydrogen) atoms. The van der Waals surface area contributed by atoms with E-state index in [0.29, 0.717) is 18.6 Å². The first kappa shape index (κ1) is 15.5. The molecule has 0 aliphatic rings. The van der Waals surface area contributed by atoms with Crippen molar-refractivity contribution in [2.24, 2.45) is 0 Å². The summed E-state index contributed by atoms with van der Waals surface area (Å²) in [7, 11) is -3.39. The van der Waals surface area contributed by atoms with E-state index < -0.39 is 16.1 Å². The van der Waals surface area contributed by atoms with Crippen LogP contribution >= 0.6 is 0 Å². The molecule has 0 aliphatic carbocycles. The smallest absolute Gasteiger partial charge is 0.287 e. The molecule has 0 amide bonds. The molecule has 0 saturated heterocycles. The van der Waals surface area contributed by atoms with Crippen LogP contribution in [0.4, 0.5) is 0 Å². The van der Waals surface area contributed by atoms with Gasteiger partial charge in [0, 0.05) is 6.92 Å². The Hall–Kier alpha value is -1.60. The zero-order valence-corrected chi connectivity index (χ0v) is 11.6. The van der Waals surface area contributed by atoms with Crippen LogP contribution < -0.4 is 4.89 Å². The van der Waals surface area contributed by atoms with Gasteiger partial charge in [-0.1, -0.05) is 12.1 Å². The van der Waals surface area contributed by atoms with Crippen LogP contribution in [-0.2, 0) is 30.4 Å². The maximum atomic E-state index is 10.8. The first-order valence-electron chi connectivity index (χ1n) is 5.65. The van der Waals surface area contributed by atoms with Crippen LogP contribution in [0.5, 0.6) is 5.75 Å². The minimum absolute atomic E-state index is 0.133. The molecule has 6 nitrogen and oxygen atoms in total. The molecule has 1 aromatic rings. The molecular weight excluding hydrogens is 272 g/mol. The van der Waals surface area contributed by atoms with Crippen molar-refractivity contribution in [3.8, 4) is 5.75 Å². The van der Waals surface area contributed by atoms with Crippen molar-refractivity contribution < 1.29 is 27.2 Å². The van der Waals surface area contributed by atoms with Crippen LogP contribution in [-0.4, -0.2) is 27.2 Å². The first-order chi connectivity index (χ1) is 8.87. The summed E-state index contributed by atoms with van der Waals surface area (Å²) in [5.74, 6) is -0.122. The molecule has 7 heteroatoms. The fourth-order valence-corrected chi connectivity index (χ4v) is 1.77. The van der Waals surface area contributed by atoms with Crippen LogP contribution in [0.1, 0.15) is 18.9 Å². The Morgan fingerprint density at radius 3 is 2.68 bits per heavy atom. The number of carbonyl (C=O) groups is 1. The van der Waals surface area contributed by atoms with E-state index in [-0.39, 0.29) is 6.61 Å². The first-order valence-corrected chi connectivity index (χ1v) is 7.47.